The lowest BCUT2D eigenvalue weighted by atomic mass is 10.1. The molecule has 0 aromatic carbocycles. The van der Waals surface area contributed by atoms with Crippen LogP contribution in [0, 0.1) is 0 Å². The minimum atomic E-state index is -0.281. The molecule has 1 fully saturated rings. The maximum Gasteiger partial charge on any atom is 0.308 e. The molecule has 1 aliphatic heterocycles. The number of carbonyl (C=O) groups excluding carboxylic acids is 2. The molecule has 1 heterocycles. The van der Waals surface area contributed by atoms with Crippen molar-refractivity contribution in [1.29, 1.82) is 0 Å². The van der Waals surface area contributed by atoms with Gasteiger partial charge in [0.2, 0.25) is 5.91 Å². The topological polar surface area (TPSA) is 67.9 Å². The molecule has 1 amide bonds. The van der Waals surface area contributed by atoms with E-state index in [2.05, 4.69) is 21.9 Å². The monoisotopic (exact) mass is 286 g/mol. The first-order chi connectivity index (χ1) is 9.58. The summed E-state index contributed by atoms with van der Waals surface area (Å²) in [6.07, 6.45) is 2.10. The zero-order valence-electron chi connectivity index (χ0n) is 12.7. The Morgan fingerprint density at radius 3 is 2.90 bits per heavy atom. The molecule has 20 heavy (non-hydrogen) atoms. The van der Waals surface area contributed by atoms with Gasteiger partial charge in [-0.1, -0.05) is 13.3 Å². The number of ether oxygens (including phenoxy) is 2. The Morgan fingerprint density at radius 1 is 1.50 bits per heavy atom. The lowest BCUT2D eigenvalue weighted by molar-refractivity contribution is -0.146. The van der Waals surface area contributed by atoms with Crippen molar-refractivity contribution in [2.24, 2.45) is 0 Å². The highest BCUT2D eigenvalue weighted by Crippen LogP contribution is 2.12. The minimum Gasteiger partial charge on any atom is -0.469 e. The number of carbonyl (C=O) groups is 2. The van der Waals surface area contributed by atoms with Crippen molar-refractivity contribution in [2.75, 3.05) is 33.4 Å². The van der Waals surface area contributed by atoms with Crippen LogP contribution >= 0.6 is 0 Å². The summed E-state index contributed by atoms with van der Waals surface area (Å²) < 4.78 is 10.2. The largest absolute Gasteiger partial charge is 0.469 e. The molecule has 2 unspecified atom stereocenters. The van der Waals surface area contributed by atoms with Gasteiger partial charge in [-0.3, -0.25) is 14.5 Å². The second kappa shape index (κ2) is 8.92. The van der Waals surface area contributed by atoms with E-state index in [1.165, 1.54) is 7.11 Å². The Kier molecular flexibility index (Phi) is 7.54. The molecule has 1 rings (SSSR count). The van der Waals surface area contributed by atoms with Gasteiger partial charge in [-0.05, 0) is 13.3 Å². The molecular formula is C14H26N2O4. The quantitative estimate of drug-likeness (QED) is 0.547. The number of rotatable bonds is 7. The first-order valence-corrected chi connectivity index (χ1v) is 7.28. The molecule has 1 N–H and O–H groups in total. The third-order valence-corrected chi connectivity index (χ3v) is 3.55. The normalized spacial score (nSPS) is 21.2. The highest BCUT2D eigenvalue weighted by atomic mass is 16.5. The van der Waals surface area contributed by atoms with Crippen LogP contribution in [0.2, 0.25) is 0 Å². The lowest BCUT2D eigenvalue weighted by Crippen LogP contribution is -2.52. The molecule has 6 nitrogen and oxygen atoms in total. The van der Waals surface area contributed by atoms with E-state index in [9.17, 15) is 9.59 Å². The molecule has 0 spiro atoms. The van der Waals surface area contributed by atoms with Crippen LogP contribution in [0.3, 0.4) is 0 Å². The highest BCUT2D eigenvalue weighted by Gasteiger charge is 2.29. The summed E-state index contributed by atoms with van der Waals surface area (Å²) in [5.74, 6) is -0.242. The zero-order chi connectivity index (χ0) is 15.0. The van der Waals surface area contributed by atoms with Gasteiger partial charge in [0.15, 0.2) is 0 Å². The molecule has 0 saturated carbocycles. The van der Waals surface area contributed by atoms with Gasteiger partial charge in [0.05, 0.1) is 32.3 Å². The molecule has 0 bridgehead atoms. The highest BCUT2D eigenvalue weighted by molar-refractivity contribution is 5.81. The van der Waals surface area contributed by atoms with E-state index in [0.717, 1.165) is 19.4 Å². The molecule has 0 aromatic rings. The SMILES string of the molecule is CCCCNC(=O)C(C)N1CCOC(CC(=O)OC)C1. The maximum absolute atomic E-state index is 12.0. The average molecular weight is 286 g/mol. The third-order valence-electron chi connectivity index (χ3n) is 3.55. The number of nitrogens with zero attached hydrogens (tertiary/aromatic N) is 1. The predicted octanol–water partition coefficient (Wildman–Crippen LogP) is 0.555. The molecule has 116 valence electrons. The van der Waals surface area contributed by atoms with Crippen LogP contribution in [0.15, 0.2) is 0 Å². The van der Waals surface area contributed by atoms with E-state index in [1.807, 2.05) is 6.92 Å². The van der Waals surface area contributed by atoms with Crippen molar-refractivity contribution in [1.82, 2.24) is 10.2 Å². The number of unbranched alkanes of at least 4 members (excludes halogenated alkanes) is 1. The molecule has 1 saturated heterocycles. The van der Waals surface area contributed by atoms with E-state index >= 15 is 0 Å². The van der Waals surface area contributed by atoms with Crippen molar-refractivity contribution in [3.8, 4) is 0 Å². The number of morpholine rings is 1. The van der Waals surface area contributed by atoms with Crippen molar-refractivity contribution in [3.05, 3.63) is 0 Å². The van der Waals surface area contributed by atoms with E-state index < -0.39 is 0 Å². The van der Waals surface area contributed by atoms with Gasteiger partial charge in [-0.25, -0.2) is 0 Å². The van der Waals surface area contributed by atoms with E-state index in [0.29, 0.717) is 19.7 Å². The van der Waals surface area contributed by atoms with Crippen LogP contribution in [0.5, 0.6) is 0 Å². The second-order valence-corrected chi connectivity index (χ2v) is 5.09. The third kappa shape index (κ3) is 5.46. The number of methoxy groups -OCH3 is 1. The van der Waals surface area contributed by atoms with Crippen LogP contribution in [0.4, 0.5) is 0 Å². The molecule has 0 aliphatic carbocycles. The first kappa shape index (κ1) is 16.9. The fourth-order valence-electron chi connectivity index (χ4n) is 2.19. The maximum atomic E-state index is 12.0. The van der Waals surface area contributed by atoms with Crippen LogP contribution in [0.25, 0.3) is 0 Å². The average Bonchev–Trinajstić information content (AvgIpc) is 2.46. The van der Waals surface area contributed by atoms with Crippen LogP contribution in [-0.4, -0.2) is 62.3 Å². The summed E-state index contributed by atoms with van der Waals surface area (Å²) in [5.41, 5.74) is 0. The minimum absolute atomic E-state index is 0.0390. The molecule has 0 radical (unpaired) electrons. The van der Waals surface area contributed by atoms with Crippen molar-refractivity contribution < 1.29 is 19.1 Å². The summed E-state index contributed by atoms with van der Waals surface area (Å²) >= 11 is 0. The number of nitrogens with one attached hydrogen (secondary N) is 1. The Balaban J connectivity index is 2.40. The summed E-state index contributed by atoms with van der Waals surface area (Å²) in [6.45, 7) is 6.53. The molecule has 0 aromatic heterocycles. The van der Waals surface area contributed by atoms with Gasteiger partial charge >= 0.3 is 5.97 Å². The molecule has 6 heteroatoms. The van der Waals surface area contributed by atoms with Gasteiger partial charge in [0.25, 0.3) is 0 Å². The van der Waals surface area contributed by atoms with Gasteiger partial charge in [0.1, 0.15) is 0 Å². The molecule has 1 aliphatic rings. The fraction of sp³-hybridized carbons (Fsp3) is 0.857. The first-order valence-electron chi connectivity index (χ1n) is 7.28. The van der Waals surface area contributed by atoms with Crippen molar-refractivity contribution >= 4 is 11.9 Å². The summed E-state index contributed by atoms with van der Waals surface area (Å²) in [5, 5.41) is 2.93. The Bertz CT molecular complexity index is 322. The number of esters is 1. The summed E-state index contributed by atoms with van der Waals surface area (Å²) in [7, 11) is 1.37. The lowest BCUT2D eigenvalue weighted by Gasteiger charge is -2.35. The van der Waals surface area contributed by atoms with Gasteiger partial charge in [-0.15, -0.1) is 0 Å². The summed E-state index contributed by atoms with van der Waals surface area (Å²) in [6, 6.07) is -0.198. The predicted molar refractivity (Wildman–Crippen MR) is 75.3 cm³/mol. The number of hydrogen-bond donors (Lipinski definition) is 1. The number of hydrogen-bond acceptors (Lipinski definition) is 5. The van der Waals surface area contributed by atoms with Crippen molar-refractivity contribution in [2.45, 2.75) is 45.3 Å². The van der Waals surface area contributed by atoms with E-state index in [4.69, 9.17) is 4.74 Å². The van der Waals surface area contributed by atoms with Crippen LogP contribution < -0.4 is 5.32 Å². The Hall–Kier alpha value is -1.14. The smallest absolute Gasteiger partial charge is 0.308 e. The summed E-state index contributed by atoms with van der Waals surface area (Å²) in [4.78, 5) is 25.3. The van der Waals surface area contributed by atoms with Crippen LogP contribution in [-0.2, 0) is 19.1 Å². The standard InChI is InChI=1S/C14H26N2O4/c1-4-5-6-15-14(18)11(2)16-7-8-20-12(10-16)9-13(17)19-3/h11-12H,4-10H2,1-3H3,(H,15,18). The number of amides is 1. The van der Waals surface area contributed by atoms with Gasteiger partial charge < -0.3 is 14.8 Å². The van der Waals surface area contributed by atoms with Gasteiger partial charge in [-0.2, -0.15) is 0 Å². The Labute approximate surface area is 120 Å². The molecular weight excluding hydrogens is 260 g/mol. The van der Waals surface area contributed by atoms with Crippen molar-refractivity contribution in [3.63, 3.8) is 0 Å². The van der Waals surface area contributed by atoms with Crippen LogP contribution in [0.1, 0.15) is 33.1 Å². The molecule has 2 atom stereocenters. The van der Waals surface area contributed by atoms with Gasteiger partial charge in [0, 0.05) is 19.6 Å². The fourth-order valence-corrected chi connectivity index (χ4v) is 2.19. The van der Waals surface area contributed by atoms with E-state index in [1.54, 1.807) is 0 Å². The Morgan fingerprint density at radius 2 is 2.25 bits per heavy atom. The zero-order valence-corrected chi connectivity index (χ0v) is 12.7. The second-order valence-electron chi connectivity index (χ2n) is 5.09. The van der Waals surface area contributed by atoms with E-state index in [-0.39, 0.29) is 30.4 Å².